The lowest BCUT2D eigenvalue weighted by molar-refractivity contribution is 0.0668. The molecule has 0 aliphatic carbocycles. The average molecular weight is 300 g/mol. The Bertz CT molecular complexity index is 384. The van der Waals surface area contributed by atoms with Gasteiger partial charge in [-0.2, -0.15) is 0 Å². The highest BCUT2D eigenvalue weighted by molar-refractivity contribution is 9.10. The van der Waals surface area contributed by atoms with E-state index in [0.717, 1.165) is 42.7 Å². The molecule has 0 aromatic heterocycles. The first-order valence-corrected chi connectivity index (χ1v) is 6.71. The quantitative estimate of drug-likeness (QED) is 0.930. The molecule has 0 unspecified atom stereocenters. The Balaban J connectivity index is 2.00. The standard InChI is InChI=1S/C13H18BrNO2/c1-17-13-5-4-10(7-12(13)14)8-15-6-2-3-11(16)9-15/h4-5,7,11,16H,2-3,6,8-9H2,1H3/t11-/m1/s1. The number of aliphatic hydroxyl groups excluding tert-OH is 1. The van der Waals surface area contributed by atoms with Crippen LogP contribution in [0.2, 0.25) is 0 Å². The monoisotopic (exact) mass is 299 g/mol. The van der Waals surface area contributed by atoms with Gasteiger partial charge in [0.05, 0.1) is 17.7 Å². The second-order valence-corrected chi connectivity index (χ2v) is 5.35. The Hall–Kier alpha value is -0.580. The van der Waals surface area contributed by atoms with Crippen molar-refractivity contribution in [1.82, 2.24) is 4.90 Å². The highest BCUT2D eigenvalue weighted by Crippen LogP contribution is 2.26. The number of β-amino-alcohol motifs (C(OH)–C–C–N with tert-alkyl or cyclic N) is 1. The number of nitrogens with zero attached hydrogens (tertiary/aromatic N) is 1. The maximum atomic E-state index is 9.62. The van der Waals surface area contributed by atoms with E-state index in [1.807, 2.05) is 6.07 Å². The molecule has 2 rings (SSSR count). The lowest BCUT2D eigenvalue weighted by Crippen LogP contribution is -2.37. The molecule has 1 aliphatic heterocycles. The van der Waals surface area contributed by atoms with Crippen molar-refractivity contribution in [3.8, 4) is 5.75 Å². The fraction of sp³-hybridized carbons (Fsp3) is 0.538. The number of benzene rings is 1. The van der Waals surface area contributed by atoms with E-state index in [0.29, 0.717) is 0 Å². The van der Waals surface area contributed by atoms with Crippen LogP contribution in [0.5, 0.6) is 5.75 Å². The molecule has 17 heavy (non-hydrogen) atoms. The molecule has 0 bridgehead atoms. The minimum absolute atomic E-state index is 0.162. The van der Waals surface area contributed by atoms with Gasteiger partial charge in [-0.05, 0) is 53.0 Å². The number of halogens is 1. The van der Waals surface area contributed by atoms with Gasteiger partial charge in [0.2, 0.25) is 0 Å². The average Bonchev–Trinajstić information content (AvgIpc) is 2.29. The number of aliphatic hydroxyl groups is 1. The van der Waals surface area contributed by atoms with Crippen LogP contribution >= 0.6 is 15.9 Å². The number of rotatable bonds is 3. The van der Waals surface area contributed by atoms with Gasteiger partial charge in [-0.3, -0.25) is 4.90 Å². The summed E-state index contributed by atoms with van der Waals surface area (Å²) < 4.78 is 6.19. The Morgan fingerprint density at radius 2 is 2.35 bits per heavy atom. The molecule has 0 spiro atoms. The fourth-order valence-corrected chi connectivity index (χ4v) is 2.83. The van der Waals surface area contributed by atoms with E-state index in [-0.39, 0.29) is 6.10 Å². The Kier molecular flexibility index (Phi) is 4.42. The van der Waals surface area contributed by atoms with Crippen molar-refractivity contribution in [2.24, 2.45) is 0 Å². The predicted octanol–water partition coefficient (Wildman–Crippen LogP) is 2.41. The first kappa shape index (κ1) is 12.9. The van der Waals surface area contributed by atoms with E-state index < -0.39 is 0 Å². The second kappa shape index (κ2) is 5.85. The van der Waals surface area contributed by atoms with E-state index >= 15 is 0 Å². The Morgan fingerprint density at radius 3 is 3.00 bits per heavy atom. The molecule has 1 heterocycles. The van der Waals surface area contributed by atoms with Gasteiger partial charge >= 0.3 is 0 Å². The summed E-state index contributed by atoms with van der Waals surface area (Å²) in [6.45, 7) is 2.74. The molecule has 1 N–H and O–H groups in total. The number of likely N-dealkylation sites (tertiary alicyclic amines) is 1. The minimum Gasteiger partial charge on any atom is -0.496 e. The largest absolute Gasteiger partial charge is 0.496 e. The normalized spacial score (nSPS) is 21.5. The third kappa shape index (κ3) is 3.44. The molecule has 4 heteroatoms. The van der Waals surface area contributed by atoms with E-state index in [1.54, 1.807) is 7.11 Å². The van der Waals surface area contributed by atoms with Crippen molar-refractivity contribution in [1.29, 1.82) is 0 Å². The molecule has 3 nitrogen and oxygen atoms in total. The maximum absolute atomic E-state index is 9.62. The molecule has 1 atom stereocenters. The van der Waals surface area contributed by atoms with Crippen molar-refractivity contribution in [2.45, 2.75) is 25.5 Å². The molecule has 1 aromatic rings. The maximum Gasteiger partial charge on any atom is 0.133 e. The van der Waals surface area contributed by atoms with Crippen LogP contribution in [0.1, 0.15) is 18.4 Å². The summed E-state index contributed by atoms with van der Waals surface area (Å²) in [6.07, 6.45) is 1.85. The number of hydrogen-bond donors (Lipinski definition) is 1. The molecule has 1 saturated heterocycles. The van der Waals surface area contributed by atoms with Crippen molar-refractivity contribution in [2.75, 3.05) is 20.2 Å². The molecule has 1 fully saturated rings. The number of ether oxygens (including phenoxy) is 1. The molecule has 0 radical (unpaired) electrons. The Morgan fingerprint density at radius 1 is 1.53 bits per heavy atom. The topological polar surface area (TPSA) is 32.7 Å². The van der Waals surface area contributed by atoms with E-state index in [9.17, 15) is 5.11 Å². The van der Waals surface area contributed by atoms with Gasteiger partial charge in [0.25, 0.3) is 0 Å². The zero-order valence-electron chi connectivity index (χ0n) is 10.0. The summed E-state index contributed by atoms with van der Waals surface area (Å²) in [4.78, 5) is 2.29. The van der Waals surface area contributed by atoms with Crippen LogP contribution in [0.25, 0.3) is 0 Å². The summed E-state index contributed by atoms with van der Waals surface area (Å²) >= 11 is 3.49. The Labute approximate surface area is 111 Å². The van der Waals surface area contributed by atoms with Gasteiger partial charge in [-0.25, -0.2) is 0 Å². The van der Waals surface area contributed by atoms with Gasteiger partial charge in [0.1, 0.15) is 5.75 Å². The third-order valence-corrected chi connectivity index (χ3v) is 3.72. The van der Waals surface area contributed by atoms with Crippen LogP contribution in [0.3, 0.4) is 0 Å². The van der Waals surface area contributed by atoms with E-state index in [1.165, 1.54) is 5.56 Å². The lowest BCUT2D eigenvalue weighted by atomic mass is 10.1. The first-order chi connectivity index (χ1) is 8.19. The van der Waals surface area contributed by atoms with Gasteiger partial charge < -0.3 is 9.84 Å². The van der Waals surface area contributed by atoms with Crippen molar-refractivity contribution < 1.29 is 9.84 Å². The van der Waals surface area contributed by atoms with Crippen LogP contribution in [-0.2, 0) is 6.54 Å². The summed E-state index contributed by atoms with van der Waals surface area (Å²) in [5, 5.41) is 9.62. The first-order valence-electron chi connectivity index (χ1n) is 5.92. The molecule has 0 amide bonds. The molecule has 1 aliphatic rings. The molecule has 94 valence electrons. The van der Waals surface area contributed by atoms with Crippen LogP contribution in [0.15, 0.2) is 22.7 Å². The fourth-order valence-electron chi connectivity index (χ4n) is 2.24. The predicted molar refractivity (Wildman–Crippen MR) is 71.2 cm³/mol. The molecule has 0 saturated carbocycles. The third-order valence-electron chi connectivity index (χ3n) is 3.10. The summed E-state index contributed by atoms with van der Waals surface area (Å²) in [5.74, 6) is 0.854. The number of hydrogen-bond acceptors (Lipinski definition) is 3. The van der Waals surface area contributed by atoms with Crippen molar-refractivity contribution in [3.05, 3.63) is 28.2 Å². The molecular formula is C13H18BrNO2. The summed E-state index contributed by atoms with van der Waals surface area (Å²) in [6, 6.07) is 6.13. The van der Waals surface area contributed by atoms with Crippen LogP contribution in [0.4, 0.5) is 0 Å². The van der Waals surface area contributed by atoms with Crippen LogP contribution in [0, 0.1) is 0 Å². The van der Waals surface area contributed by atoms with Crippen LogP contribution < -0.4 is 4.74 Å². The summed E-state index contributed by atoms with van der Waals surface area (Å²) in [5.41, 5.74) is 1.24. The smallest absolute Gasteiger partial charge is 0.133 e. The van der Waals surface area contributed by atoms with Crippen LogP contribution in [-0.4, -0.2) is 36.3 Å². The highest BCUT2D eigenvalue weighted by atomic mass is 79.9. The highest BCUT2D eigenvalue weighted by Gasteiger charge is 2.17. The van der Waals surface area contributed by atoms with Gasteiger partial charge in [-0.1, -0.05) is 6.07 Å². The number of piperidine rings is 1. The SMILES string of the molecule is COc1ccc(CN2CCC[C@@H](O)C2)cc1Br. The zero-order chi connectivity index (χ0) is 12.3. The summed E-state index contributed by atoms with van der Waals surface area (Å²) in [7, 11) is 1.67. The van der Waals surface area contributed by atoms with E-state index in [4.69, 9.17) is 4.74 Å². The molecular weight excluding hydrogens is 282 g/mol. The second-order valence-electron chi connectivity index (χ2n) is 4.50. The van der Waals surface area contributed by atoms with Gasteiger partial charge in [-0.15, -0.1) is 0 Å². The molecule has 1 aromatic carbocycles. The van der Waals surface area contributed by atoms with Crippen molar-refractivity contribution in [3.63, 3.8) is 0 Å². The van der Waals surface area contributed by atoms with Gasteiger partial charge in [0, 0.05) is 13.1 Å². The minimum atomic E-state index is -0.162. The lowest BCUT2D eigenvalue weighted by Gasteiger charge is -2.30. The zero-order valence-corrected chi connectivity index (χ0v) is 11.6. The number of methoxy groups -OCH3 is 1. The van der Waals surface area contributed by atoms with Crippen molar-refractivity contribution >= 4 is 15.9 Å². The van der Waals surface area contributed by atoms with E-state index in [2.05, 4.69) is 33.0 Å². The van der Waals surface area contributed by atoms with Gasteiger partial charge in [0.15, 0.2) is 0 Å².